The van der Waals surface area contributed by atoms with Gasteiger partial charge in [-0.1, -0.05) is 6.07 Å². The van der Waals surface area contributed by atoms with Crippen molar-refractivity contribution >= 4 is 33.7 Å². The third-order valence-electron chi connectivity index (χ3n) is 5.11. The summed E-state index contributed by atoms with van der Waals surface area (Å²) in [5.41, 5.74) is -0.469. The number of alkyl halides is 3. The number of hydrogen-bond donors (Lipinski definition) is 2. The van der Waals surface area contributed by atoms with Crippen molar-refractivity contribution < 1.29 is 35.9 Å². The average molecular weight is 522 g/mol. The van der Waals surface area contributed by atoms with Gasteiger partial charge in [-0.25, -0.2) is 18.4 Å². The first-order chi connectivity index (χ1) is 17.0. The number of carbonyl (C=O) groups is 1. The summed E-state index contributed by atoms with van der Waals surface area (Å²) in [6.45, 7) is 1.55. The van der Waals surface area contributed by atoms with Crippen LogP contribution in [0.4, 0.5) is 28.0 Å². The van der Waals surface area contributed by atoms with Crippen molar-refractivity contribution in [1.29, 1.82) is 0 Å². The Kier molecular flexibility index (Phi) is 7.04. The second-order valence-electron chi connectivity index (χ2n) is 7.63. The molecule has 0 aliphatic carbocycles. The maximum Gasteiger partial charge on any atom is 0.416 e. The van der Waals surface area contributed by atoms with Gasteiger partial charge in [-0.2, -0.15) is 18.2 Å². The maximum atomic E-state index is 15.3. The summed E-state index contributed by atoms with van der Waals surface area (Å²) in [5.74, 6) is -0.782. The van der Waals surface area contributed by atoms with Crippen molar-refractivity contribution in [3.8, 4) is 11.6 Å². The number of aromatic nitrogens is 3. The molecule has 1 atom stereocenters. The SMILES string of the molecule is Cc1cc2c(F)c(Oc3ccnc(CCS(=O)O)n3)ccc2n1C(=O)Nc1cccc(C(F)(F)F)c1. The number of amides is 1. The van der Waals surface area contributed by atoms with Crippen LogP contribution >= 0.6 is 0 Å². The second kappa shape index (κ2) is 10.0. The minimum atomic E-state index is -4.57. The number of nitrogens with zero attached hydrogens (tertiary/aromatic N) is 3. The Bertz CT molecular complexity index is 1470. The largest absolute Gasteiger partial charge is 0.436 e. The van der Waals surface area contributed by atoms with E-state index in [1.807, 2.05) is 0 Å². The van der Waals surface area contributed by atoms with Gasteiger partial charge in [0.05, 0.1) is 16.8 Å². The number of fused-ring (bicyclic) bond motifs is 1. The summed E-state index contributed by atoms with van der Waals surface area (Å²) in [4.78, 5) is 20.9. The second-order valence-corrected chi connectivity index (χ2v) is 8.68. The molecule has 1 amide bonds. The number of ether oxygens (including phenoxy) is 1. The number of rotatable bonds is 6. The molecule has 2 N–H and O–H groups in total. The van der Waals surface area contributed by atoms with E-state index in [1.165, 1.54) is 42.6 Å². The highest BCUT2D eigenvalue weighted by Gasteiger charge is 2.30. The van der Waals surface area contributed by atoms with Crippen molar-refractivity contribution in [3.05, 3.63) is 77.6 Å². The summed E-state index contributed by atoms with van der Waals surface area (Å²) in [6.07, 6.45) is -3.09. The van der Waals surface area contributed by atoms with Gasteiger partial charge in [-0.3, -0.25) is 4.57 Å². The molecular weight excluding hydrogens is 504 g/mol. The smallest absolute Gasteiger partial charge is 0.416 e. The van der Waals surface area contributed by atoms with Crippen LogP contribution in [-0.4, -0.2) is 35.1 Å². The molecule has 4 aromatic rings. The van der Waals surface area contributed by atoms with Crippen LogP contribution in [0.3, 0.4) is 0 Å². The van der Waals surface area contributed by atoms with Crippen LogP contribution in [0.1, 0.15) is 17.1 Å². The summed E-state index contributed by atoms with van der Waals surface area (Å²) in [5, 5.41) is 2.45. The lowest BCUT2D eigenvalue weighted by molar-refractivity contribution is -0.137. The van der Waals surface area contributed by atoms with Crippen molar-refractivity contribution in [3.63, 3.8) is 0 Å². The quantitative estimate of drug-likeness (QED) is 0.255. The van der Waals surface area contributed by atoms with Crippen LogP contribution in [0.15, 0.2) is 54.7 Å². The minimum absolute atomic E-state index is 0.0143. The van der Waals surface area contributed by atoms with Crippen molar-refractivity contribution in [2.24, 2.45) is 0 Å². The first kappa shape index (κ1) is 25.3. The predicted octanol–water partition coefficient (Wildman–Crippen LogP) is 5.53. The molecule has 8 nitrogen and oxygen atoms in total. The zero-order valence-corrected chi connectivity index (χ0v) is 19.4. The lowest BCUT2D eigenvalue weighted by Gasteiger charge is -2.12. The maximum absolute atomic E-state index is 15.3. The van der Waals surface area contributed by atoms with E-state index in [1.54, 1.807) is 6.92 Å². The molecule has 36 heavy (non-hydrogen) atoms. The molecule has 2 aromatic heterocycles. The van der Waals surface area contributed by atoms with E-state index < -0.39 is 34.7 Å². The van der Waals surface area contributed by atoms with Crippen molar-refractivity contribution in [1.82, 2.24) is 14.5 Å². The lowest BCUT2D eigenvalue weighted by atomic mass is 10.2. The van der Waals surface area contributed by atoms with Gasteiger partial charge in [-0.05, 0) is 43.3 Å². The Labute approximate surface area is 204 Å². The minimum Gasteiger partial charge on any atom is -0.436 e. The van der Waals surface area contributed by atoms with Crippen molar-refractivity contribution in [2.75, 3.05) is 11.1 Å². The Hall–Kier alpha value is -3.84. The summed E-state index contributed by atoms with van der Waals surface area (Å²) in [7, 11) is 0. The van der Waals surface area contributed by atoms with Gasteiger partial charge in [0.15, 0.2) is 22.6 Å². The van der Waals surface area contributed by atoms with Crippen LogP contribution in [-0.2, 0) is 23.7 Å². The van der Waals surface area contributed by atoms with E-state index in [9.17, 15) is 22.2 Å². The fraction of sp³-hybridized carbons (Fsp3) is 0.174. The number of carbonyl (C=O) groups excluding carboxylic acids is 1. The first-order valence-corrected chi connectivity index (χ1v) is 11.7. The van der Waals surface area contributed by atoms with E-state index in [-0.39, 0.29) is 46.2 Å². The van der Waals surface area contributed by atoms with Crippen LogP contribution in [0.5, 0.6) is 11.6 Å². The predicted molar refractivity (Wildman–Crippen MR) is 124 cm³/mol. The zero-order chi connectivity index (χ0) is 26.0. The standard InChI is InChI=1S/C23H18F4N4O4S/c1-13-11-16-17(31(13)22(32)29-15-4-2-3-14(12-15)23(25,26)27)5-6-18(21(16)24)35-20-7-9-28-19(30-20)8-10-36(33)34/h2-7,9,11-12H,8,10H2,1H3,(H,29,32)(H,33,34). The topological polar surface area (TPSA) is 106 Å². The van der Waals surface area contributed by atoms with Gasteiger partial charge in [0, 0.05) is 35.5 Å². The number of halogens is 4. The normalized spacial score (nSPS) is 12.5. The molecule has 1 unspecified atom stereocenters. The van der Waals surface area contributed by atoms with Gasteiger partial charge in [0.2, 0.25) is 5.88 Å². The molecule has 0 aliphatic rings. The highest BCUT2D eigenvalue weighted by Crippen LogP contribution is 2.33. The van der Waals surface area contributed by atoms with Gasteiger partial charge in [-0.15, -0.1) is 0 Å². The Morgan fingerprint density at radius 1 is 1.19 bits per heavy atom. The zero-order valence-electron chi connectivity index (χ0n) is 18.5. The first-order valence-electron chi connectivity index (χ1n) is 10.4. The molecule has 0 spiro atoms. The average Bonchev–Trinajstić information content (AvgIpc) is 3.16. The number of hydrogen-bond acceptors (Lipinski definition) is 5. The summed E-state index contributed by atoms with van der Waals surface area (Å²) >= 11 is -2.02. The highest BCUT2D eigenvalue weighted by atomic mass is 32.2. The van der Waals surface area contributed by atoms with Crippen molar-refractivity contribution in [2.45, 2.75) is 19.5 Å². The molecule has 4 rings (SSSR count). The van der Waals surface area contributed by atoms with Gasteiger partial charge in [0.1, 0.15) is 5.82 Å². The van der Waals surface area contributed by atoms with Crippen LogP contribution in [0.25, 0.3) is 10.9 Å². The number of anilines is 1. The molecule has 0 fully saturated rings. The van der Waals surface area contributed by atoms with E-state index in [4.69, 9.17) is 9.29 Å². The van der Waals surface area contributed by atoms with E-state index in [2.05, 4.69) is 15.3 Å². The molecule has 188 valence electrons. The fourth-order valence-electron chi connectivity index (χ4n) is 3.51. The van der Waals surface area contributed by atoms with E-state index >= 15 is 4.39 Å². The van der Waals surface area contributed by atoms with Gasteiger partial charge < -0.3 is 14.6 Å². The molecule has 0 saturated heterocycles. The number of aryl methyl sites for hydroxylation is 2. The molecule has 0 bridgehead atoms. The number of nitrogens with one attached hydrogen (secondary N) is 1. The third kappa shape index (κ3) is 5.52. The molecule has 2 aromatic carbocycles. The van der Waals surface area contributed by atoms with Gasteiger partial charge >= 0.3 is 12.2 Å². The Morgan fingerprint density at radius 2 is 1.97 bits per heavy atom. The fourth-order valence-corrected chi connectivity index (χ4v) is 3.87. The molecule has 0 radical (unpaired) electrons. The molecule has 0 aliphatic heterocycles. The highest BCUT2D eigenvalue weighted by molar-refractivity contribution is 7.79. The third-order valence-corrected chi connectivity index (χ3v) is 5.66. The van der Waals surface area contributed by atoms with Crippen LogP contribution in [0.2, 0.25) is 0 Å². The molecule has 2 heterocycles. The van der Waals surface area contributed by atoms with Crippen LogP contribution in [0, 0.1) is 12.7 Å². The molecule has 0 saturated carbocycles. The van der Waals surface area contributed by atoms with Crippen LogP contribution < -0.4 is 10.1 Å². The molecular formula is C23H18F4N4O4S. The van der Waals surface area contributed by atoms with E-state index in [0.29, 0.717) is 5.69 Å². The number of benzene rings is 2. The summed E-state index contributed by atoms with van der Waals surface area (Å²) in [6, 6.07) is 8.93. The molecule has 13 heteroatoms. The Morgan fingerprint density at radius 3 is 2.69 bits per heavy atom. The van der Waals surface area contributed by atoms with Gasteiger partial charge in [0.25, 0.3) is 0 Å². The monoisotopic (exact) mass is 522 g/mol. The lowest BCUT2D eigenvalue weighted by Crippen LogP contribution is -2.20. The summed E-state index contributed by atoms with van der Waals surface area (Å²) < 4.78 is 80.6. The van der Waals surface area contributed by atoms with E-state index in [0.717, 1.165) is 16.7 Å². The Balaban J connectivity index is 1.60.